The normalized spacial score (nSPS) is 19.2. The van der Waals surface area contributed by atoms with Gasteiger partial charge in [0.1, 0.15) is 11.8 Å². The summed E-state index contributed by atoms with van der Waals surface area (Å²) in [5, 5.41) is 27.0. The number of likely N-dealkylation sites (tertiary alicyclic amines) is 1. The van der Waals surface area contributed by atoms with Crippen LogP contribution in [-0.2, 0) is 0 Å². The van der Waals surface area contributed by atoms with Crippen molar-refractivity contribution in [2.24, 2.45) is 0 Å². The maximum absolute atomic E-state index is 5.43. The molecule has 4 heterocycles. The quantitative estimate of drug-likeness (QED) is 0.474. The molecule has 0 amide bonds. The van der Waals surface area contributed by atoms with Gasteiger partial charge in [-0.2, -0.15) is 4.52 Å². The van der Waals surface area contributed by atoms with Gasteiger partial charge in [-0.1, -0.05) is 19.3 Å². The molecule has 1 aliphatic carbocycles. The van der Waals surface area contributed by atoms with Crippen molar-refractivity contribution in [2.75, 3.05) is 20.2 Å². The number of methoxy groups -OCH3 is 1. The van der Waals surface area contributed by atoms with E-state index in [2.05, 4.69) is 52.8 Å². The molecule has 0 unspecified atom stereocenters. The zero-order valence-electron chi connectivity index (χ0n) is 18.3. The second kappa shape index (κ2) is 8.09. The maximum Gasteiger partial charge on any atom is 0.185 e. The molecule has 1 atom stereocenters. The average Bonchev–Trinajstić information content (AvgIpc) is 3.62. The molecule has 0 radical (unpaired) electrons. The zero-order chi connectivity index (χ0) is 21.5. The Labute approximate surface area is 185 Å². The predicted octanol–water partition coefficient (Wildman–Crippen LogP) is 2.96. The Hall–Kier alpha value is -3.14. The van der Waals surface area contributed by atoms with Crippen LogP contribution < -0.4 is 4.74 Å². The van der Waals surface area contributed by atoms with Crippen LogP contribution in [0.2, 0.25) is 0 Å². The predicted molar refractivity (Wildman–Crippen MR) is 117 cm³/mol. The summed E-state index contributed by atoms with van der Waals surface area (Å²) in [4.78, 5) is 2.48. The summed E-state index contributed by atoms with van der Waals surface area (Å²) in [6, 6.07) is 8.47. The standard InChI is InChI=1S/C22H27N9O/c1-32-17-10-9-15-13-18(21-23-25-28-31(21)19(15)14-17)20(29-11-5-6-12-29)22-24-26-27-30(22)16-7-3-2-4-8-16/h9-10,13-14,16,20H,2-8,11-12H2,1H3/t20-/m0/s1. The van der Waals surface area contributed by atoms with Crippen LogP contribution in [0.15, 0.2) is 24.3 Å². The molecule has 10 heteroatoms. The monoisotopic (exact) mass is 433 g/mol. The van der Waals surface area contributed by atoms with Crippen molar-refractivity contribution in [3.05, 3.63) is 35.7 Å². The van der Waals surface area contributed by atoms with E-state index < -0.39 is 0 Å². The van der Waals surface area contributed by atoms with Crippen molar-refractivity contribution >= 4 is 16.6 Å². The first-order valence-electron chi connectivity index (χ1n) is 11.5. The number of ether oxygens (including phenoxy) is 1. The molecule has 166 valence electrons. The van der Waals surface area contributed by atoms with E-state index in [1.807, 2.05) is 16.6 Å². The molecule has 0 spiro atoms. The molecule has 0 N–H and O–H groups in total. The first-order valence-corrected chi connectivity index (χ1v) is 11.5. The van der Waals surface area contributed by atoms with E-state index >= 15 is 0 Å². The van der Waals surface area contributed by atoms with Gasteiger partial charge < -0.3 is 4.74 Å². The highest BCUT2D eigenvalue weighted by atomic mass is 16.5. The fraction of sp³-hybridized carbons (Fsp3) is 0.545. The van der Waals surface area contributed by atoms with Crippen molar-refractivity contribution < 1.29 is 4.74 Å². The fourth-order valence-electron chi connectivity index (χ4n) is 5.38. The summed E-state index contributed by atoms with van der Waals surface area (Å²) < 4.78 is 9.32. The molecule has 4 aromatic rings. The van der Waals surface area contributed by atoms with Gasteiger partial charge in [-0.3, -0.25) is 4.90 Å². The van der Waals surface area contributed by atoms with Crippen LogP contribution in [0.5, 0.6) is 5.75 Å². The first kappa shape index (κ1) is 19.5. The smallest absolute Gasteiger partial charge is 0.185 e. The lowest BCUT2D eigenvalue weighted by molar-refractivity contribution is 0.245. The van der Waals surface area contributed by atoms with Gasteiger partial charge in [-0.05, 0) is 77.8 Å². The molecule has 32 heavy (non-hydrogen) atoms. The van der Waals surface area contributed by atoms with Crippen LogP contribution in [0.1, 0.15) is 68.4 Å². The van der Waals surface area contributed by atoms with E-state index in [0.717, 1.165) is 59.6 Å². The lowest BCUT2D eigenvalue weighted by atomic mass is 9.95. The zero-order valence-corrected chi connectivity index (χ0v) is 18.3. The average molecular weight is 434 g/mol. The maximum atomic E-state index is 5.43. The van der Waals surface area contributed by atoms with Crippen molar-refractivity contribution in [2.45, 2.75) is 57.0 Å². The van der Waals surface area contributed by atoms with Gasteiger partial charge in [0, 0.05) is 17.0 Å². The molecule has 1 aromatic carbocycles. The number of benzene rings is 1. The molecule has 2 fully saturated rings. The van der Waals surface area contributed by atoms with Crippen molar-refractivity contribution in [1.82, 2.24) is 45.1 Å². The van der Waals surface area contributed by atoms with Gasteiger partial charge in [-0.15, -0.1) is 10.2 Å². The minimum atomic E-state index is -0.0885. The third kappa shape index (κ3) is 3.21. The number of hydrogen-bond donors (Lipinski definition) is 0. The van der Waals surface area contributed by atoms with Crippen LogP contribution >= 0.6 is 0 Å². The molecular weight excluding hydrogens is 406 g/mol. The summed E-state index contributed by atoms with van der Waals surface area (Å²) in [5.74, 6) is 1.68. The Morgan fingerprint density at radius 1 is 0.938 bits per heavy atom. The summed E-state index contributed by atoms with van der Waals surface area (Å²) in [7, 11) is 1.67. The van der Waals surface area contributed by atoms with E-state index in [4.69, 9.17) is 4.74 Å². The third-order valence-electron chi connectivity index (χ3n) is 6.99. The molecule has 1 saturated carbocycles. The van der Waals surface area contributed by atoms with Gasteiger partial charge in [0.2, 0.25) is 0 Å². The highest BCUT2D eigenvalue weighted by Gasteiger charge is 2.34. The topological polar surface area (TPSA) is 99.2 Å². The van der Waals surface area contributed by atoms with E-state index in [9.17, 15) is 0 Å². The Kier molecular flexibility index (Phi) is 4.94. The van der Waals surface area contributed by atoms with E-state index in [1.165, 1.54) is 32.1 Å². The lowest BCUT2D eigenvalue weighted by Gasteiger charge is -2.30. The van der Waals surface area contributed by atoms with Gasteiger partial charge >= 0.3 is 0 Å². The minimum Gasteiger partial charge on any atom is -0.497 e. The molecule has 6 rings (SSSR count). The van der Waals surface area contributed by atoms with E-state index in [-0.39, 0.29) is 6.04 Å². The van der Waals surface area contributed by atoms with Gasteiger partial charge in [0.25, 0.3) is 0 Å². The van der Waals surface area contributed by atoms with Crippen LogP contribution in [0.4, 0.5) is 0 Å². The number of pyridine rings is 1. The number of hydrogen-bond acceptors (Lipinski definition) is 8. The SMILES string of the molecule is COc1ccc2cc([C@@H](c3nnnn3C3CCCCC3)N3CCCC3)c3nnnn3c2c1. The van der Waals surface area contributed by atoms with Crippen LogP contribution in [0.25, 0.3) is 16.6 Å². The second-order valence-electron chi connectivity index (χ2n) is 8.86. The highest BCUT2D eigenvalue weighted by Crippen LogP contribution is 2.37. The molecule has 1 saturated heterocycles. The van der Waals surface area contributed by atoms with Crippen LogP contribution in [-0.4, -0.2) is 65.3 Å². The van der Waals surface area contributed by atoms with Crippen molar-refractivity contribution in [3.63, 3.8) is 0 Å². The molecule has 2 aliphatic rings. The fourth-order valence-corrected chi connectivity index (χ4v) is 5.38. The number of nitrogens with zero attached hydrogens (tertiary/aromatic N) is 9. The molecule has 1 aliphatic heterocycles. The van der Waals surface area contributed by atoms with Crippen molar-refractivity contribution in [1.29, 1.82) is 0 Å². The van der Waals surface area contributed by atoms with Crippen LogP contribution in [0, 0.1) is 0 Å². The minimum absolute atomic E-state index is 0.0885. The summed E-state index contributed by atoms with van der Waals surface area (Å²) in [6.07, 6.45) is 8.36. The Balaban J connectivity index is 1.54. The largest absolute Gasteiger partial charge is 0.497 e. The van der Waals surface area contributed by atoms with E-state index in [1.54, 1.807) is 7.11 Å². The second-order valence-corrected chi connectivity index (χ2v) is 8.86. The molecule has 10 nitrogen and oxygen atoms in total. The molecular formula is C22H27N9O. The lowest BCUT2D eigenvalue weighted by Crippen LogP contribution is -2.31. The first-order chi connectivity index (χ1) is 15.8. The molecule has 0 bridgehead atoms. The van der Waals surface area contributed by atoms with Crippen molar-refractivity contribution in [3.8, 4) is 5.75 Å². The van der Waals surface area contributed by atoms with Gasteiger partial charge in [-0.25, -0.2) is 4.68 Å². The summed E-state index contributed by atoms with van der Waals surface area (Å²) >= 11 is 0. The van der Waals surface area contributed by atoms with Gasteiger partial charge in [0.05, 0.1) is 18.7 Å². The van der Waals surface area contributed by atoms with E-state index in [0.29, 0.717) is 6.04 Å². The van der Waals surface area contributed by atoms with Crippen LogP contribution in [0.3, 0.4) is 0 Å². The Morgan fingerprint density at radius 3 is 2.56 bits per heavy atom. The number of rotatable bonds is 5. The number of fused-ring (bicyclic) bond motifs is 3. The summed E-state index contributed by atoms with van der Waals surface area (Å²) in [5.41, 5.74) is 2.70. The summed E-state index contributed by atoms with van der Waals surface area (Å²) in [6.45, 7) is 2.02. The highest BCUT2D eigenvalue weighted by molar-refractivity contribution is 5.84. The number of aromatic nitrogens is 8. The van der Waals surface area contributed by atoms with Gasteiger partial charge in [0.15, 0.2) is 11.5 Å². The number of tetrazole rings is 2. The third-order valence-corrected chi connectivity index (χ3v) is 6.99. The Bertz CT molecular complexity index is 1240. The Morgan fingerprint density at radius 2 is 1.75 bits per heavy atom. The molecule has 3 aromatic heterocycles.